The zero-order valence-corrected chi connectivity index (χ0v) is 18.9. The van der Waals surface area contributed by atoms with Gasteiger partial charge in [-0.15, -0.1) is 0 Å². The van der Waals surface area contributed by atoms with Crippen molar-refractivity contribution in [1.29, 1.82) is 0 Å². The van der Waals surface area contributed by atoms with Gasteiger partial charge in [0.25, 0.3) is 0 Å². The standard InChI is InChI=1S/C21H40N2O7/c1-19(24)9-7-5-4-6-8-11-22-21(26)30-16-14-23(13-15-27-2)12-10-20(25)29-18-17-28-3/h4-18H2,1-3H3,(H,22,26). The maximum Gasteiger partial charge on any atom is 0.407 e. The number of methoxy groups -OCH3 is 2. The van der Waals surface area contributed by atoms with Crippen molar-refractivity contribution in [2.75, 3.05) is 66.8 Å². The first-order valence-electron chi connectivity index (χ1n) is 10.8. The summed E-state index contributed by atoms with van der Waals surface area (Å²) in [6, 6.07) is 0. The molecular weight excluding hydrogens is 392 g/mol. The number of carbonyl (C=O) groups excluding carboxylic acids is 3. The van der Waals surface area contributed by atoms with Crippen LogP contribution in [0.25, 0.3) is 0 Å². The Kier molecular flexibility index (Phi) is 19.4. The third kappa shape index (κ3) is 19.6. The lowest BCUT2D eigenvalue weighted by Crippen LogP contribution is -2.35. The first-order chi connectivity index (χ1) is 14.5. The third-order valence-corrected chi connectivity index (χ3v) is 4.41. The summed E-state index contributed by atoms with van der Waals surface area (Å²) in [5.41, 5.74) is 0. The number of hydrogen-bond acceptors (Lipinski definition) is 8. The van der Waals surface area contributed by atoms with E-state index < -0.39 is 6.09 Å². The molecule has 0 aromatic rings. The van der Waals surface area contributed by atoms with E-state index in [1.54, 1.807) is 21.1 Å². The van der Waals surface area contributed by atoms with Crippen molar-refractivity contribution in [3.63, 3.8) is 0 Å². The Balaban J connectivity index is 3.82. The summed E-state index contributed by atoms with van der Waals surface area (Å²) < 4.78 is 20.2. The first-order valence-corrected chi connectivity index (χ1v) is 10.8. The fourth-order valence-corrected chi connectivity index (χ4v) is 2.65. The van der Waals surface area contributed by atoms with E-state index in [0.29, 0.717) is 45.8 Å². The van der Waals surface area contributed by atoms with E-state index in [1.165, 1.54) is 0 Å². The van der Waals surface area contributed by atoms with Gasteiger partial charge in [-0.3, -0.25) is 9.69 Å². The molecule has 9 nitrogen and oxygen atoms in total. The second-order valence-corrected chi connectivity index (χ2v) is 7.08. The minimum absolute atomic E-state index is 0.235. The lowest BCUT2D eigenvalue weighted by molar-refractivity contribution is -0.145. The minimum atomic E-state index is -0.433. The van der Waals surface area contributed by atoms with E-state index in [1.807, 2.05) is 4.90 Å². The molecule has 0 aliphatic heterocycles. The van der Waals surface area contributed by atoms with Crippen molar-refractivity contribution in [2.45, 2.75) is 51.9 Å². The molecule has 0 radical (unpaired) electrons. The number of alkyl carbamates (subject to hydrolysis) is 1. The average molecular weight is 433 g/mol. The van der Waals surface area contributed by atoms with Crippen LogP contribution < -0.4 is 5.32 Å². The number of nitrogens with one attached hydrogen (secondary N) is 1. The zero-order valence-electron chi connectivity index (χ0n) is 18.9. The van der Waals surface area contributed by atoms with Crippen molar-refractivity contribution in [3.05, 3.63) is 0 Å². The van der Waals surface area contributed by atoms with Crippen LogP contribution in [0.15, 0.2) is 0 Å². The molecule has 0 saturated heterocycles. The van der Waals surface area contributed by atoms with Crippen LogP contribution in [0.1, 0.15) is 51.9 Å². The lowest BCUT2D eigenvalue weighted by Gasteiger charge is -2.21. The Labute approximate surface area is 180 Å². The van der Waals surface area contributed by atoms with Gasteiger partial charge in [0.2, 0.25) is 0 Å². The Hall–Kier alpha value is -1.71. The topological polar surface area (TPSA) is 103 Å². The largest absolute Gasteiger partial charge is 0.463 e. The molecule has 0 aliphatic rings. The number of hydrogen-bond donors (Lipinski definition) is 1. The number of unbranched alkanes of at least 4 members (excludes halogenated alkanes) is 4. The van der Waals surface area contributed by atoms with Crippen LogP contribution in [0.2, 0.25) is 0 Å². The summed E-state index contributed by atoms with van der Waals surface area (Å²) in [6.07, 6.45) is 5.43. The van der Waals surface area contributed by atoms with Crippen molar-refractivity contribution in [1.82, 2.24) is 10.2 Å². The van der Waals surface area contributed by atoms with Gasteiger partial charge in [0.1, 0.15) is 19.0 Å². The van der Waals surface area contributed by atoms with Gasteiger partial charge < -0.3 is 29.1 Å². The molecule has 0 unspecified atom stereocenters. The number of rotatable bonds is 20. The average Bonchev–Trinajstić information content (AvgIpc) is 2.71. The minimum Gasteiger partial charge on any atom is -0.463 e. The molecule has 0 aliphatic carbocycles. The second-order valence-electron chi connectivity index (χ2n) is 7.08. The van der Waals surface area contributed by atoms with E-state index >= 15 is 0 Å². The van der Waals surface area contributed by atoms with Crippen LogP contribution >= 0.6 is 0 Å². The summed E-state index contributed by atoms with van der Waals surface area (Å²) in [4.78, 5) is 36.3. The molecule has 1 N–H and O–H groups in total. The normalized spacial score (nSPS) is 10.8. The van der Waals surface area contributed by atoms with Gasteiger partial charge in [-0.2, -0.15) is 0 Å². The fourth-order valence-electron chi connectivity index (χ4n) is 2.65. The predicted octanol–water partition coefficient (Wildman–Crippen LogP) is 2.17. The van der Waals surface area contributed by atoms with E-state index in [4.69, 9.17) is 18.9 Å². The number of esters is 1. The van der Waals surface area contributed by atoms with E-state index in [-0.39, 0.29) is 31.4 Å². The molecule has 0 atom stereocenters. The highest BCUT2D eigenvalue weighted by Crippen LogP contribution is 2.05. The van der Waals surface area contributed by atoms with Gasteiger partial charge in [-0.05, 0) is 19.8 Å². The maximum absolute atomic E-state index is 11.8. The Morgan fingerprint density at radius 3 is 2.10 bits per heavy atom. The van der Waals surface area contributed by atoms with Gasteiger partial charge in [-0.25, -0.2) is 4.79 Å². The summed E-state index contributed by atoms with van der Waals surface area (Å²) in [5, 5.41) is 2.74. The number of ether oxygens (including phenoxy) is 4. The smallest absolute Gasteiger partial charge is 0.407 e. The molecule has 0 saturated carbocycles. The molecule has 30 heavy (non-hydrogen) atoms. The first kappa shape index (κ1) is 28.3. The molecule has 0 aromatic heterocycles. The zero-order chi connectivity index (χ0) is 22.5. The number of carbonyl (C=O) groups is 3. The summed E-state index contributed by atoms with van der Waals surface area (Å²) in [6.45, 7) is 5.23. The number of amides is 1. The third-order valence-electron chi connectivity index (χ3n) is 4.41. The SMILES string of the molecule is COCCOC(=O)CCN(CCOC)CCOC(=O)NCCCCCCCC(C)=O. The summed E-state index contributed by atoms with van der Waals surface area (Å²) >= 11 is 0. The van der Waals surface area contributed by atoms with Gasteiger partial charge in [0, 0.05) is 46.8 Å². The Morgan fingerprint density at radius 2 is 1.40 bits per heavy atom. The monoisotopic (exact) mass is 432 g/mol. The molecule has 0 rings (SSSR count). The van der Waals surface area contributed by atoms with E-state index in [9.17, 15) is 14.4 Å². The summed E-state index contributed by atoms with van der Waals surface area (Å²) in [5.74, 6) is -0.0448. The van der Waals surface area contributed by atoms with E-state index in [0.717, 1.165) is 32.1 Å². The number of nitrogens with zero attached hydrogens (tertiary/aromatic N) is 1. The molecule has 0 fully saturated rings. The maximum atomic E-state index is 11.8. The van der Waals surface area contributed by atoms with Crippen molar-refractivity contribution < 1.29 is 33.3 Å². The Bertz CT molecular complexity index is 461. The number of Topliss-reactive ketones (excluding diaryl/α,β-unsaturated/α-hetero) is 1. The molecule has 0 aromatic carbocycles. The number of ketones is 1. The molecule has 0 heterocycles. The van der Waals surface area contributed by atoms with E-state index in [2.05, 4.69) is 5.32 Å². The van der Waals surface area contributed by atoms with Crippen molar-refractivity contribution in [3.8, 4) is 0 Å². The molecule has 1 amide bonds. The molecule has 9 heteroatoms. The van der Waals surface area contributed by atoms with Crippen molar-refractivity contribution in [2.24, 2.45) is 0 Å². The quantitative estimate of drug-likeness (QED) is 0.231. The predicted molar refractivity (Wildman–Crippen MR) is 114 cm³/mol. The highest BCUT2D eigenvalue weighted by atomic mass is 16.6. The van der Waals surface area contributed by atoms with Crippen LogP contribution in [0.4, 0.5) is 4.79 Å². The van der Waals surface area contributed by atoms with Gasteiger partial charge >= 0.3 is 12.1 Å². The highest BCUT2D eigenvalue weighted by Gasteiger charge is 2.10. The van der Waals surface area contributed by atoms with Gasteiger partial charge in [0.15, 0.2) is 0 Å². The lowest BCUT2D eigenvalue weighted by atomic mass is 10.1. The van der Waals surface area contributed by atoms with Crippen LogP contribution in [-0.4, -0.2) is 89.6 Å². The summed E-state index contributed by atoms with van der Waals surface area (Å²) in [7, 11) is 3.17. The highest BCUT2D eigenvalue weighted by molar-refractivity contribution is 5.75. The van der Waals surface area contributed by atoms with Gasteiger partial charge in [-0.1, -0.05) is 19.3 Å². The fraction of sp³-hybridized carbons (Fsp3) is 0.857. The van der Waals surface area contributed by atoms with Gasteiger partial charge in [0.05, 0.1) is 19.6 Å². The molecule has 0 spiro atoms. The van der Waals surface area contributed by atoms with Crippen molar-refractivity contribution >= 4 is 17.8 Å². The molecule has 0 bridgehead atoms. The molecule has 176 valence electrons. The van der Waals surface area contributed by atoms with Crippen LogP contribution in [0, 0.1) is 0 Å². The van der Waals surface area contributed by atoms with Crippen LogP contribution in [0.3, 0.4) is 0 Å². The van der Waals surface area contributed by atoms with Crippen LogP contribution in [0.5, 0.6) is 0 Å². The Morgan fingerprint density at radius 1 is 0.733 bits per heavy atom. The van der Waals surface area contributed by atoms with Crippen LogP contribution in [-0.2, 0) is 28.5 Å². The molecular formula is C21H40N2O7. The second kappa shape index (κ2) is 20.6.